The summed E-state index contributed by atoms with van der Waals surface area (Å²) < 4.78 is 32.6. The van der Waals surface area contributed by atoms with E-state index >= 15 is 0 Å². The minimum Gasteiger partial charge on any atom is -0.484 e. The molecule has 47 heavy (non-hydrogen) atoms. The molecule has 0 aliphatic carbocycles. The molecule has 2 unspecified atom stereocenters. The van der Waals surface area contributed by atoms with Crippen molar-refractivity contribution in [2.45, 2.75) is 24.3 Å². The Kier molecular flexibility index (Phi) is 19.0. The van der Waals surface area contributed by atoms with Gasteiger partial charge in [0, 0.05) is 25.8 Å². The predicted molar refractivity (Wildman–Crippen MR) is 174 cm³/mol. The normalized spacial score (nSPS) is 17.3. The highest BCUT2D eigenvalue weighted by atomic mass is 32.2. The average molecular weight is 676 g/mol. The zero-order valence-electron chi connectivity index (χ0n) is 26.6. The molecule has 14 nitrogen and oxygen atoms in total. The van der Waals surface area contributed by atoms with E-state index in [9.17, 15) is 19.6 Å². The molecule has 2 aliphatic heterocycles. The minimum atomic E-state index is -0.262. The van der Waals surface area contributed by atoms with Crippen molar-refractivity contribution in [2.75, 3.05) is 92.3 Å². The van der Waals surface area contributed by atoms with Crippen LogP contribution in [-0.2, 0) is 38.1 Å². The van der Waals surface area contributed by atoms with Crippen LogP contribution in [0.2, 0.25) is 0 Å². The lowest BCUT2D eigenvalue weighted by Gasteiger charge is -2.25. The van der Waals surface area contributed by atoms with Gasteiger partial charge in [0.1, 0.15) is 17.4 Å². The molecular weight excluding hydrogens is 630 g/mol. The number of nitrogens with zero attached hydrogens (tertiary/aromatic N) is 2. The Labute approximate surface area is 280 Å². The van der Waals surface area contributed by atoms with Crippen LogP contribution in [0.4, 0.5) is 0 Å². The van der Waals surface area contributed by atoms with Crippen molar-refractivity contribution in [1.29, 1.82) is 5.26 Å². The summed E-state index contributed by atoms with van der Waals surface area (Å²) >= 11 is 1.51. The van der Waals surface area contributed by atoms with Gasteiger partial charge in [-0.2, -0.15) is 5.26 Å². The number of ether oxygens (including phenoxy) is 6. The molecule has 2 aliphatic rings. The molecule has 0 spiro atoms. The molecule has 1 aromatic rings. The fraction of sp³-hybridized carbons (Fsp3) is 0.562. The summed E-state index contributed by atoms with van der Waals surface area (Å²) in [5.74, 6) is 0.0238. The molecule has 1 fully saturated rings. The fourth-order valence-electron chi connectivity index (χ4n) is 4.62. The molecule has 1 saturated heterocycles. The lowest BCUT2D eigenvalue weighted by Crippen LogP contribution is -2.32. The first-order valence-electron chi connectivity index (χ1n) is 15.7. The molecule has 3 N–H and O–H groups in total. The van der Waals surface area contributed by atoms with Crippen molar-refractivity contribution in [2.24, 2.45) is 0 Å². The van der Waals surface area contributed by atoms with Gasteiger partial charge >= 0.3 is 0 Å². The van der Waals surface area contributed by atoms with Crippen molar-refractivity contribution in [3.63, 3.8) is 0 Å². The Morgan fingerprint density at radius 2 is 1.55 bits per heavy atom. The topological polar surface area (TPSA) is 170 Å². The molecule has 0 aromatic heterocycles. The summed E-state index contributed by atoms with van der Waals surface area (Å²) in [5, 5.41) is 19.7. The molecule has 0 saturated carbocycles. The first-order chi connectivity index (χ1) is 23.1. The number of hydrogen-bond acceptors (Lipinski definition) is 12. The Bertz CT molecular complexity index is 1170. The average Bonchev–Trinajstić information content (AvgIpc) is 3.80. The Morgan fingerprint density at radius 3 is 2.13 bits per heavy atom. The highest BCUT2D eigenvalue weighted by Crippen LogP contribution is 2.34. The summed E-state index contributed by atoms with van der Waals surface area (Å²) in [5.41, 5.74) is 1.09. The van der Waals surface area contributed by atoms with Crippen LogP contribution in [-0.4, -0.2) is 121 Å². The first kappa shape index (κ1) is 37.8. The largest absolute Gasteiger partial charge is 0.484 e. The SMILES string of the molecule is N#C/C(=C\C1NC=CS1)C(=O)N1CCCC1c1ccc(OCC(=O)NCCOCCOCCOCCOCCOCCNC=O)cc1. The predicted octanol–water partition coefficient (Wildman–Crippen LogP) is 1.26. The smallest absolute Gasteiger partial charge is 0.264 e. The molecule has 1 aromatic carbocycles. The monoisotopic (exact) mass is 675 g/mol. The van der Waals surface area contributed by atoms with Crippen molar-refractivity contribution in [3.8, 4) is 11.8 Å². The van der Waals surface area contributed by atoms with Gasteiger partial charge in [-0.25, -0.2) is 0 Å². The van der Waals surface area contributed by atoms with E-state index in [2.05, 4.69) is 22.0 Å². The third kappa shape index (κ3) is 15.2. The van der Waals surface area contributed by atoms with Gasteiger partial charge in [0.2, 0.25) is 6.41 Å². The number of likely N-dealkylation sites (tertiary alicyclic amines) is 1. The highest BCUT2D eigenvalue weighted by Gasteiger charge is 2.32. The summed E-state index contributed by atoms with van der Waals surface area (Å²) in [6, 6.07) is 9.30. The summed E-state index contributed by atoms with van der Waals surface area (Å²) in [6.45, 7) is 5.66. The molecule has 3 rings (SSSR count). The van der Waals surface area contributed by atoms with Gasteiger partial charge in [-0.1, -0.05) is 12.1 Å². The Balaban J connectivity index is 1.17. The summed E-state index contributed by atoms with van der Waals surface area (Å²) in [7, 11) is 0. The Morgan fingerprint density at radius 1 is 0.936 bits per heavy atom. The van der Waals surface area contributed by atoms with Gasteiger partial charge < -0.3 is 49.3 Å². The molecule has 2 atom stereocenters. The van der Waals surface area contributed by atoms with E-state index in [4.69, 9.17) is 28.4 Å². The standard InChI is InChI=1S/C32H45N5O9S/c33-23-27(22-31-36-9-21-47-31)32(40)37-10-1-2-29(37)26-3-5-28(6-4-26)46-24-30(39)35-8-12-42-14-16-44-18-20-45-19-17-43-15-13-41-11-7-34-25-38/h3-6,9,21-22,25,29,31,36H,1-2,7-8,10-20,24H2,(H,34,38)(H,35,39)/b27-22+. The van der Waals surface area contributed by atoms with E-state index in [0.29, 0.717) is 97.9 Å². The number of nitriles is 1. The number of nitrogens with one attached hydrogen (secondary N) is 3. The summed E-state index contributed by atoms with van der Waals surface area (Å²) in [4.78, 5) is 37.2. The number of thioether (sulfide) groups is 1. The second-order valence-electron chi connectivity index (χ2n) is 10.2. The number of carbonyl (C=O) groups excluding carboxylic acids is 3. The van der Waals surface area contributed by atoms with Gasteiger partial charge in [0.15, 0.2) is 6.61 Å². The second-order valence-corrected chi connectivity index (χ2v) is 11.3. The van der Waals surface area contributed by atoms with Gasteiger partial charge in [-0.15, -0.1) is 11.8 Å². The Hall–Kier alpha value is -3.65. The van der Waals surface area contributed by atoms with Crippen LogP contribution >= 0.6 is 11.8 Å². The zero-order chi connectivity index (χ0) is 33.4. The molecule has 2 heterocycles. The van der Waals surface area contributed by atoms with E-state index in [1.807, 2.05) is 17.5 Å². The molecule has 258 valence electrons. The van der Waals surface area contributed by atoms with Crippen LogP contribution < -0.4 is 20.7 Å². The van der Waals surface area contributed by atoms with Crippen LogP contribution in [0.5, 0.6) is 5.75 Å². The second kappa shape index (κ2) is 23.6. The number of amides is 3. The number of rotatable bonds is 25. The number of hydrogen-bond donors (Lipinski definition) is 3. The fourth-order valence-corrected chi connectivity index (χ4v) is 5.32. The van der Waals surface area contributed by atoms with Gasteiger partial charge in [-0.3, -0.25) is 14.4 Å². The first-order valence-corrected chi connectivity index (χ1v) is 16.6. The van der Waals surface area contributed by atoms with Gasteiger partial charge in [0.25, 0.3) is 11.8 Å². The molecule has 15 heteroatoms. The van der Waals surface area contributed by atoms with E-state index in [0.717, 1.165) is 18.4 Å². The van der Waals surface area contributed by atoms with Crippen LogP contribution in [0.3, 0.4) is 0 Å². The summed E-state index contributed by atoms with van der Waals surface area (Å²) in [6.07, 6.45) is 5.77. The number of benzene rings is 1. The zero-order valence-corrected chi connectivity index (χ0v) is 27.4. The maximum absolute atomic E-state index is 13.1. The molecule has 0 radical (unpaired) electrons. The van der Waals surface area contributed by atoms with Gasteiger partial charge in [0.05, 0.1) is 77.5 Å². The third-order valence-corrected chi connectivity index (χ3v) is 7.76. The lowest BCUT2D eigenvalue weighted by molar-refractivity contribution is -0.127. The maximum Gasteiger partial charge on any atom is 0.264 e. The minimum absolute atomic E-state index is 0.118. The highest BCUT2D eigenvalue weighted by molar-refractivity contribution is 8.03. The number of carbonyl (C=O) groups is 3. The van der Waals surface area contributed by atoms with Crippen LogP contribution in [0.1, 0.15) is 24.4 Å². The molecule has 3 amide bonds. The van der Waals surface area contributed by atoms with Crippen LogP contribution in [0, 0.1) is 11.3 Å². The molecular formula is C32H45N5O9S. The van der Waals surface area contributed by atoms with Crippen molar-refractivity contribution >= 4 is 30.0 Å². The van der Waals surface area contributed by atoms with Crippen molar-refractivity contribution in [3.05, 3.63) is 53.1 Å². The van der Waals surface area contributed by atoms with Crippen LogP contribution in [0.25, 0.3) is 0 Å². The third-order valence-electron chi connectivity index (χ3n) is 6.90. The molecule has 0 bridgehead atoms. The van der Waals surface area contributed by atoms with Crippen molar-refractivity contribution < 1.29 is 42.8 Å². The maximum atomic E-state index is 13.1. The lowest BCUT2D eigenvalue weighted by atomic mass is 10.0. The van der Waals surface area contributed by atoms with Crippen LogP contribution in [0.15, 0.2) is 47.5 Å². The van der Waals surface area contributed by atoms with E-state index in [1.54, 1.807) is 29.3 Å². The van der Waals surface area contributed by atoms with Crippen molar-refractivity contribution in [1.82, 2.24) is 20.9 Å². The quantitative estimate of drug-likeness (QED) is 0.0588. The van der Waals surface area contributed by atoms with E-state index in [1.165, 1.54) is 11.8 Å². The van der Waals surface area contributed by atoms with Gasteiger partial charge in [-0.05, 0) is 42.0 Å². The van der Waals surface area contributed by atoms with E-state index < -0.39 is 0 Å². The van der Waals surface area contributed by atoms with E-state index in [-0.39, 0.29) is 35.4 Å².